The number of ketones is 1. The molecule has 0 radical (unpaired) electrons. The summed E-state index contributed by atoms with van der Waals surface area (Å²) in [6, 6.07) is 11.1. The van der Waals surface area contributed by atoms with Gasteiger partial charge in [0.2, 0.25) is 5.75 Å². The molecule has 0 N–H and O–H groups in total. The van der Waals surface area contributed by atoms with Crippen LogP contribution in [0.5, 0.6) is 5.75 Å². The van der Waals surface area contributed by atoms with Crippen LogP contribution >= 0.6 is 0 Å². The maximum absolute atomic E-state index is 14.3. The fourth-order valence-corrected chi connectivity index (χ4v) is 2.50. The zero-order valence-corrected chi connectivity index (χ0v) is 16.0. The number of carbonyl (C=O) groups excluding carboxylic acids is 1. The zero-order chi connectivity index (χ0) is 19.8. The number of nitrogens with zero attached hydrogens (tertiary/aromatic N) is 1. The monoisotopic (exact) mass is 373 g/mol. The maximum atomic E-state index is 14.3. The molecule has 27 heavy (non-hydrogen) atoms. The fourth-order valence-electron chi connectivity index (χ4n) is 2.50. The predicted molar refractivity (Wildman–Crippen MR) is 102 cm³/mol. The highest BCUT2D eigenvalue weighted by Gasteiger charge is 2.24. The quantitative estimate of drug-likeness (QED) is 0.271. The summed E-state index contributed by atoms with van der Waals surface area (Å²) in [4.78, 5) is 18.4. The molecule has 0 saturated carbocycles. The lowest BCUT2D eigenvalue weighted by molar-refractivity contribution is -0.140. The molecule has 0 atom stereocenters. The molecule has 5 nitrogen and oxygen atoms in total. The van der Waals surface area contributed by atoms with Crippen molar-refractivity contribution in [1.29, 1.82) is 0 Å². The van der Waals surface area contributed by atoms with Crippen LogP contribution in [0.25, 0.3) is 0 Å². The van der Waals surface area contributed by atoms with E-state index < -0.39 is 17.9 Å². The van der Waals surface area contributed by atoms with Crippen molar-refractivity contribution in [1.82, 2.24) is 0 Å². The third-order valence-electron chi connectivity index (χ3n) is 3.63. The number of halogens is 1. The molecule has 0 amide bonds. The van der Waals surface area contributed by atoms with E-state index in [0.29, 0.717) is 30.1 Å². The van der Waals surface area contributed by atoms with Crippen molar-refractivity contribution in [3.8, 4) is 5.75 Å². The van der Waals surface area contributed by atoms with Crippen LogP contribution in [0, 0.1) is 5.82 Å². The number of rotatable bonds is 9. The Balaban J connectivity index is 2.50. The largest absolute Gasteiger partial charge is 0.353 e. The highest BCUT2D eigenvalue weighted by molar-refractivity contribution is 6.11. The summed E-state index contributed by atoms with van der Waals surface area (Å²) in [6.45, 7) is 7.97. The van der Waals surface area contributed by atoms with Crippen molar-refractivity contribution < 1.29 is 23.5 Å². The molecule has 2 aromatic carbocycles. The Morgan fingerprint density at radius 1 is 1.00 bits per heavy atom. The molecular weight excluding hydrogens is 349 g/mol. The van der Waals surface area contributed by atoms with Gasteiger partial charge in [0.1, 0.15) is 0 Å². The standard InChI is InChI=1S/C21H24FNO4/c1-5-25-21(26-6-2)16-11-8-7-10-15(16)19(24)17-12-9-13-18(22)20(17)27-23-14(3)4/h7-13,21H,5-6H2,1-4H3. The van der Waals surface area contributed by atoms with E-state index in [2.05, 4.69) is 5.16 Å². The van der Waals surface area contributed by atoms with Gasteiger partial charge in [0, 0.05) is 24.3 Å². The van der Waals surface area contributed by atoms with E-state index in [1.54, 1.807) is 38.1 Å². The second-order valence-electron chi connectivity index (χ2n) is 5.91. The van der Waals surface area contributed by atoms with E-state index in [4.69, 9.17) is 14.3 Å². The van der Waals surface area contributed by atoms with Crippen LogP contribution in [-0.2, 0) is 9.47 Å². The Labute approximate surface area is 158 Å². The number of benzene rings is 2. The van der Waals surface area contributed by atoms with E-state index in [1.807, 2.05) is 13.8 Å². The first-order valence-electron chi connectivity index (χ1n) is 8.83. The van der Waals surface area contributed by atoms with Crippen molar-refractivity contribution >= 4 is 11.5 Å². The van der Waals surface area contributed by atoms with Gasteiger partial charge in [0.25, 0.3) is 0 Å². The van der Waals surface area contributed by atoms with Gasteiger partial charge in [-0.1, -0.05) is 35.5 Å². The topological polar surface area (TPSA) is 57.1 Å². The van der Waals surface area contributed by atoms with Gasteiger partial charge in [-0.3, -0.25) is 4.79 Å². The smallest absolute Gasteiger partial charge is 0.204 e. The van der Waals surface area contributed by atoms with Gasteiger partial charge in [-0.2, -0.15) is 0 Å². The van der Waals surface area contributed by atoms with Crippen LogP contribution in [0.1, 0.15) is 55.5 Å². The minimum absolute atomic E-state index is 0.0826. The minimum atomic E-state index is -0.686. The van der Waals surface area contributed by atoms with Crippen LogP contribution in [-0.4, -0.2) is 24.7 Å². The lowest BCUT2D eigenvalue weighted by Crippen LogP contribution is -2.15. The van der Waals surface area contributed by atoms with Crippen molar-refractivity contribution in [2.24, 2.45) is 5.16 Å². The summed E-state index contributed by atoms with van der Waals surface area (Å²) in [6.07, 6.45) is -0.686. The van der Waals surface area contributed by atoms with Crippen LogP contribution in [0.3, 0.4) is 0 Å². The fraction of sp³-hybridized carbons (Fsp3) is 0.333. The molecule has 0 fully saturated rings. The van der Waals surface area contributed by atoms with Crippen LogP contribution < -0.4 is 4.84 Å². The number of para-hydroxylation sites is 1. The van der Waals surface area contributed by atoms with E-state index in [9.17, 15) is 9.18 Å². The SMILES string of the molecule is CCOC(OCC)c1ccccc1C(=O)c1cccc(F)c1ON=C(C)C. The Bertz CT molecular complexity index is 810. The number of oxime groups is 1. The van der Waals surface area contributed by atoms with Crippen molar-refractivity contribution in [2.75, 3.05) is 13.2 Å². The third-order valence-corrected chi connectivity index (χ3v) is 3.63. The molecule has 2 rings (SSSR count). The van der Waals surface area contributed by atoms with Gasteiger partial charge in [-0.05, 0) is 39.8 Å². The molecule has 2 aromatic rings. The van der Waals surface area contributed by atoms with Crippen molar-refractivity contribution in [3.63, 3.8) is 0 Å². The summed E-state index contributed by atoms with van der Waals surface area (Å²) in [5.41, 5.74) is 1.62. The van der Waals surface area contributed by atoms with Crippen LogP contribution in [0.15, 0.2) is 47.6 Å². The van der Waals surface area contributed by atoms with E-state index in [-0.39, 0.29) is 11.3 Å². The van der Waals surface area contributed by atoms with E-state index in [0.717, 1.165) is 0 Å². The van der Waals surface area contributed by atoms with Gasteiger partial charge in [0.15, 0.2) is 17.9 Å². The first kappa shape index (κ1) is 20.7. The number of ether oxygens (including phenoxy) is 2. The van der Waals surface area contributed by atoms with Crippen molar-refractivity contribution in [2.45, 2.75) is 34.0 Å². The number of carbonyl (C=O) groups is 1. The summed E-state index contributed by atoms with van der Waals surface area (Å²) < 4.78 is 25.5. The van der Waals surface area contributed by atoms with Gasteiger partial charge in [-0.15, -0.1) is 0 Å². The Kier molecular flexibility index (Phi) is 7.64. The lowest BCUT2D eigenvalue weighted by Gasteiger charge is -2.20. The van der Waals surface area contributed by atoms with E-state index >= 15 is 0 Å². The van der Waals surface area contributed by atoms with E-state index in [1.165, 1.54) is 18.2 Å². The molecule has 6 heteroatoms. The molecule has 0 unspecified atom stereocenters. The number of hydrogen-bond acceptors (Lipinski definition) is 5. The average Bonchev–Trinajstić information content (AvgIpc) is 2.66. The maximum Gasteiger partial charge on any atom is 0.204 e. The first-order chi connectivity index (χ1) is 13.0. The molecule has 0 aliphatic rings. The number of hydrogen-bond donors (Lipinski definition) is 0. The minimum Gasteiger partial charge on any atom is -0.353 e. The molecule has 0 aromatic heterocycles. The van der Waals surface area contributed by atoms with Crippen LogP contribution in [0.2, 0.25) is 0 Å². The van der Waals surface area contributed by atoms with Gasteiger partial charge in [0.05, 0.1) is 11.3 Å². The molecule has 0 aliphatic heterocycles. The normalized spacial score (nSPS) is 10.7. The lowest BCUT2D eigenvalue weighted by atomic mass is 9.97. The summed E-state index contributed by atoms with van der Waals surface area (Å²) in [7, 11) is 0. The van der Waals surface area contributed by atoms with Crippen LogP contribution in [0.4, 0.5) is 4.39 Å². The van der Waals surface area contributed by atoms with Gasteiger partial charge in [-0.25, -0.2) is 4.39 Å². The highest BCUT2D eigenvalue weighted by atomic mass is 19.1. The van der Waals surface area contributed by atoms with Gasteiger partial charge >= 0.3 is 0 Å². The highest BCUT2D eigenvalue weighted by Crippen LogP contribution is 2.30. The Morgan fingerprint density at radius 2 is 1.63 bits per heavy atom. The summed E-state index contributed by atoms with van der Waals surface area (Å²) in [5.74, 6) is -1.26. The first-order valence-corrected chi connectivity index (χ1v) is 8.83. The zero-order valence-electron chi connectivity index (χ0n) is 16.0. The average molecular weight is 373 g/mol. The molecule has 0 saturated heterocycles. The summed E-state index contributed by atoms with van der Waals surface area (Å²) >= 11 is 0. The third kappa shape index (κ3) is 5.21. The molecule has 0 spiro atoms. The molecule has 0 heterocycles. The molecule has 144 valence electrons. The Morgan fingerprint density at radius 3 is 2.26 bits per heavy atom. The Hall–Kier alpha value is -2.57. The second kappa shape index (κ2) is 9.94. The summed E-state index contributed by atoms with van der Waals surface area (Å²) in [5, 5.41) is 3.78. The molecular formula is C21H24FNO4. The predicted octanol–water partition coefficient (Wildman–Crippen LogP) is 4.90. The molecule has 0 aliphatic carbocycles. The molecule has 0 bridgehead atoms. The van der Waals surface area contributed by atoms with Crippen molar-refractivity contribution in [3.05, 3.63) is 65.0 Å². The second-order valence-corrected chi connectivity index (χ2v) is 5.91. The van der Waals surface area contributed by atoms with Gasteiger partial charge < -0.3 is 14.3 Å².